The van der Waals surface area contributed by atoms with Gasteiger partial charge in [0.1, 0.15) is 6.61 Å². The van der Waals surface area contributed by atoms with Crippen LogP contribution in [-0.4, -0.2) is 29.9 Å². The SMILES string of the molecule is N#Cc1ccccc1COC(=O)C1CCN(C(=O)c2ccc(C(F)(F)F)cc2)CC1. The van der Waals surface area contributed by atoms with Crippen molar-refractivity contribution in [2.75, 3.05) is 13.1 Å². The number of ether oxygens (including phenoxy) is 1. The Bertz CT molecular complexity index is 957. The third kappa shape index (κ3) is 4.98. The molecule has 1 heterocycles. The third-order valence-electron chi connectivity index (χ3n) is 5.08. The molecule has 0 atom stereocenters. The Labute approximate surface area is 171 Å². The van der Waals surface area contributed by atoms with Crippen LogP contribution in [0.25, 0.3) is 0 Å². The van der Waals surface area contributed by atoms with Crippen LogP contribution in [0.3, 0.4) is 0 Å². The summed E-state index contributed by atoms with van der Waals surface area (Å²) in [5, 5.41) is 9.08. The Morgan fingerprint density at radius 3 is 2.30 bits per heavy atom. The van der Waals surface area contributed by atoms with Gasteiger partial charge >= 0.3 is 12.1 Å². The number of amides is 1. The molecule has 156 valence electrons. The number of carbonyl (C=O) groups excluding carboxylic acids is 2. The molecule has 0 bridgehead atoms. The summed E-state index contributed by atoms with van der Waals surface area (Å²) in [6, 6.07) is 13.0. The van der Waals surface area contributed by atoms with Crippen LogP contribution in [0.15, 0.2) is 48.5 Å². The van der Waals surface area contributed by atoms with E-state index in [0.29, 0.717) is 37.1 Å². The number of halogens is 3. The van der Waals surface area contributed by atoms with Crippen molar-refractivity contribution in [3.8, 4) is 6.07 Å². The molecule has 0 spiro atoms. The number of benzene rings is 2. The summed E-state index contributed by atoms with van der Waals surface area (Å²) in [5.41, 5.74) is 0.445. The number of hydrogen-bond donors (Lipinski definition) is 0. The third-order valence-corrected chi connectivity index (χ3v) is 5.08. The summed E-state index contributed by atoms with van der Waals surface area (Å²) in [4.78, 5) is 26.4. The van der Waals surface area contributed by atoms with E-state index in [1.54, 1.807) is 24.3 Å². The number of carbonyl (C=O) groups is 2. The lowest BCUT2D eigenvalue weighted by molar-refractivity contribution is -0.151. The summed E-state index contributed by atoms with van der Waals surface area (Å²) in [6.45, 7) is 0.635. The van der Waals surface area contributed by atoms with E-state index in [1.165, 1.54) is 4.90 Å². The zero-order chi connectivity index (χ0) is 21.7. The van der Waals surface area contributed by atoms with Gasteiger partial charge in [-0.25, -0.2) is 0 Å². The topological polar surface area (TPSA) is 70.4 Å². The van der Waals surface area contributed by atoms with E-state index in [1.807, 2.05) is 6.07 Å². The lowest BCUT2D eigenvalue weighted by atomic mass is 9.96. The lowest BCUT2D eigenvalue weighted by Crippen LogP contribution is -2.40. The molecule has 1 saturated heterocycles. The minimum absolute atomic E-state index is 0.00721. The van der Waals surface area contributed by atoms with Crippen LogP contribution in [0.5, 0.6) is 0 Å². The number of likely N-dealkylation sites (tertiary alicyclic amines) is 1. The van der Waals surface area contributed by atoms with Crippen molar-refractivity contribution in [3.05, 3.63) is 70.8 Å². The van der Waals surface area contributed by atoms with E-state index in [2.05, 4.69) is 0 Å². The fourth-order valence-electron chi connectivity index (χ4n) is 3.32. The highest BCUT2D eigenvalue weighted by atomic mass is 19.4. The minimum atomic E-state index is -4.45. The molecule has 8 heteroatoms. The fraction of sp³-hybridized carbons (Fsp3) is 0.318. The van der Waals surface area contributed by atoms with Crippen molar-refractivity contribution in [2.45, 2.75) is 25.6 Å². The number of rotatable bonds is 4. The number of hydrogen-bond acceptors (Lipinski definition) is 4. The smallest absolute Gasteiger partial charge is 0.416 e. The molecule has 1 amide bonds. The van der Waals surface area contributed by atoms with Gasteiger partial charge in [-0.2, -0.15) is 18.4 Å². The zero-order valence-corrected chi connectivity index (χ0v) is 16.0. The van der Waals surface area contributed by atoms with Crippen molar-refractivity contribution in [1.29, 1.82) is 5.26 Å². The Kier molecular flexibility index (Phi) is 6.40. The van der Waals surface area contributed by atoms with Gasteiger partial charge in [-0.05, 0) is 43.2 Å². The summed E-state index contributed by atoms with van der Waals surface area (Å²) in [6.07, 6.45) is -3.63. The van der Waals surface area contributed by atoms with Gasteiger partial charge in [-0.3, -0.25) is 9.59 Å². The van der Waals surface area contributed by atoms with Crippen molar-refractivity contribution >= 4 is 11.9 Å². The number of alkyl halides is 3. The average Bonchev–Trinajstić information content (AvgIpc) is 2.76. The zero-order valence-electron chi connectivity index (χ0n) is 16.0. The van der Waals surface area contributed by atoms with Crippen molar-refractivity contribution in [3.63, 3.8) is 0 Å². The highest BCUT2D eigenvalue weighted by Gasteiger charge is 2.32. The van der Waals surface area contributed by atoms with Gasteiger partial charge in [-0.1, -0.05) is 18.2 Å². The molecule has 3 rings (SSSR count). The standard InChI is InChI=1S/C22H19F3N2O3/c23-22(24,25)19-7-5-15(6-8-19)20(28)27-11-9-16(10-12-27)21(29)30-14-18-4-2-1-3-17(18)13-26/h1-8,16H,9-12,14H2. The largest absolute Gasteiger partial charge is 0.461 e. The Morgan fingerprint density at radius 2 is 1.70 bits per heavy atom. The molecular formula is C22H19F3N2O3. The maximum absolute atomic E-state index is 12.7. The van der Waals surface area contributed by atoms with E-state index < -0.39 is 11.7 Å². The summed E-state index contributed by atoms with van der Waals surface area (Å²) >= 11 is 0. The van der Waals surface area contributed by atoms with Crippen molar-refractivity contribution in [2.24, 2.45) is 5.92 Å². The predicted octanol–water partition coefficient (Wildman–Crippen LogP) is 4.17. The van der Waals surface area contributed by atoms with E-state index >= 15 is 0 Å². The van der Waals surface area contributed by atoms with Gasteiger partial charge in [0.25, 0.3) is 5.91 Å². The second-order valence-electron chi connectivity index (χ2n) is 7.02. The predicted molar refractivity (Wildman–Crippen MR) is 101 cm³/mol. The first kappa shape index (κ1) is 21.4. The monoisotopic (exact) mass is 416 g/mol. The maximum atomic E-state index is 12.7. The lowest BCUT2D eigenvalue weighted by Gasteiger charge is -2.31. The Morgan fingerprint density at radius 1 is 1.07 bits per heavy atom. The molecule has 0 aromatic heterocycles. The molecule has 0 N–H and O–H groups in total. The molecule has 2 aromatic carbocycles. The first-order valence-corrected chi connectivity index (χ1v) is 9.41. The van der Waals surface area contributed by atoms with Crippen molar-refractivity contribution < 1.29 is 27.5 Å². The first-order valence-electron chi connectivity index (χ1n) is 9.41. The highest BCUT2D eigenvalue weighted by molar-refractivity contribution is 5.94. The molecule has 0 radical (unpaired) electrons. The maximum Gasteiger partial charge on any atom is 0.416 e. The van der Waals surface area contributed by atoms with Gasteiger partial charge in [-0.15, -0.1) is 0 Å². The molecule has 0 aliphatic carbocycles. The van der Waals surface area contributed by atoms with Gasteiger partial charge in [0.2, 0.25) is 0 Å². The van der Waals surface area contributed by atoms with Gasteiger partial charge in [0, 0.05) is 24.2 Å². The number of piperidine rings is 1. The molecular weight excluding hydrogens is 397 g/mol. The van der Waals surface area contributed by atoms with E-state index in [-0.39, 0.29) is 30.0 Å². The van der Waals surface area contributed by atoms with Crippen LogP contribution in [0.1, 0.15) is 39.9 Å². The second kappa shape index (κ2) is 8.99. The van der Waals surface area contributed by atoms with Crippen LogP contribution < -0.4 is 0 Å². The van der Waals surface area contributed by atoms with Crippen LogP contribution in [-0.2, 0) is 22.3 Å². The van der Waals surface area contributed by atoms with Crippen LogP contribution in [0.2, 0.25) is 0 Å². The van der Waals surface area contributed by atoms with Crippen LogP contribution in [0, 0.1) is 17.2 Å². The summed E-state index contributed by atoms with van der Waals surface area (Å²) < 4.78 is 43.3. The Hall–Kier alpha value is -3.34. The van der Waals surface area contributed by atoms with E-state index in [9.17, 15) is 22.8 Å². The molecule has 0 unspecified atom stereocenters. The molecule has 1 fully saturated rings. The molecule has 30 heavy (non-hydrogen) atoms. The molecule has 2 aromatic rings. The average molecular weight is 416 g/mol. The van der Waals surface area contributed by atoms with E-state index in [4.69, 9.17) is 10.00 Å². The first-order chi connectivity index (χ1) is 14.3. The molecule has 0 saturated carbocycles. The van der Waals surface area contributed by atoms with Gasteiger partial charge < -0.3 is 9.64 Å². The van der Waals surface area contributed by atoms with Crippen molar-refractivity contribution in [1.82, 2.24) is 4.90 Å². The Balaban J connectivity index is 1.52. The van der Waals surface area contributed by atoms with Gasteiger partial charge in [0.15, 0.2) is 0 Å². The molecule has 1 aliphatic rings. The second-order valence-corrected chi connectivity index (χ2v) is 7.02. The van der Waals surface area contributed by atoms with Crippen LogP contribution in [0.4, 0.5) is 13.2 Å². The van der Waals surface area contributed by atoms with Crippen LogP contribution >= 0.6 is 0 Å². The fourth-order valence-corrected chi connectivity index (χ4v) is 3.32. The molecule has 1 aliphatic heterocycles. The number of nitriles is 1. The summed E-state index contributed by atoms with van der Waals surface area (Å²) in [7, 11) is 0. The normalized spacial score (nSPS) is 14.8. The summed E-state index contributed by atoms with van der Waals surface area (Å²) in [5.74, 6) is -1.11. The number of esters is 1. The number of nitrogens with zero attached hydrogens (tertiary/aromatic N) is 2. The van der Waals surface area contributed by atoms with Gasteiger partial charge in [0.05, 0.1) is 23.1 Å². The quantitative estimate of drug-likeness (QED) is 0.702. The molecule has 5 nitrogen and oxygen atoms in total. The minimum Gasteiger partial charge on any atom is -0.461 e. The highest BCUT2D eigenvalue weighted by Crippen LogP contribution is 2.29. The van der Waals surface area contributed by atoms with E-state index in [0.717, 1.165) is 24.3 Å².